The van der Waals surface area contributed by atoms with Gasteiger partial charge in [0.25, 0.3) is 5.56 Å². The predicted octanol–water partition coefficient (Wildman–Crippen LogP) is 2.76. The maximum absolute atomic E-state index is 11.7. The molecular weight excluding hydrogens is 268 g/mol. The molecule has 0 saturated carbocycles. The predicted molar refractivity (Wildman–Crippen MR) is 67.4 cm³/mol. The summed E-state index contributed by atoms with van der Waals surface area (Å²) >= 11 is 3.32. The van der Waals surface area contributed by atoms with Crippen molar-refractivity contribution in [1.29, 1.82) is 0 Å². The van der Waals surface area contributed by atoms with Crippen LogP contribution in [-0.4, -0.2) is 9.97 Å². The normalized spacial score (nSPS) is 10.4. The molecule has 0 unspecified atom stereocenters. The summed E-state index contributed by atoms with van der Waals surface area (Å²) in [5.74, 6) is 0.592. The van der Waals surface area contributed by atoms with E-state index in [1.165, 1.54) is 0 Å². The third kappa shape index (κ3) is 2.07. The van der Waals surface area contributed by atoms with Gasteiger partial charge in [0, 0.05) is 11.1 Å². The summed E-state index contributed by atoms with van der Waals surface area (Å²) in [4.78, 5) is 18.9. The highest BCUT2D eigenvalue weighted by molar-refractivity contribution is 9.10. The SMILES string of the molecule is CCc1c(Br)nc(-c2ccccc2)[nH]c1=O. The molecule has 0 atom stereocenters. The highest BCUT2D eigenvalue weighted by Gasteiger charge is 2.08. The number of hydrogen-bond donors (Lipinski definition) is 1. The first-order valence-corrected chi connectivity index (χ1v) is 5.85. The van der Waals surface area contributed by atoms with Crippen molar-refractivity contribution in [2.75, 3.05) is 0 Å². The van der Waals surface area contributed by atoms with Gasteiger partial charge < -0.3 is 4.98 Å². The van der Waals surface area contributed by atoms with Gasteiger partial charge in [0.15, 0.2) is 0 Å². The fraction of sp³-hybridized carbons (Fsp3) is 0.167. The minimum absolute atomic E-state index is 0.0803. The Kier molecular flexibility index (Phi) is 3.19. The third-order valence-electron chi connectivity index (χ3n) is 2.37. The third-order valence-corrected chi connectivity index (χ3v) is 3.02. The summed E-state index contributed by atoms with van der Waals surface area (Å²) in [5, 5.41) is 0. The van der Waals surface area contributed by atoms with Crippen LogP contribution in [0.1, 0.15) is 12.5 Å². The Bertz CT molecular complexity index is 549. The highest BCUT2D eigenvalue weighted by Crippen LogP contribution is 2.17. The van der Waals surface area contributed by atoms with Gasteiger partial charge in [0.2, 0.25) is 0 Å². The molecule has 0 aliphatic carbocycles. The van der Waals surface area contributed by atoms with Gasteiger partial charge in [0.05, 0.1) is 0 Å². The first-order valence-electron chi connectivity index (χ1n) is 5.06. The molecule has 0 aliphatic heterocycles. The van der Waals surface area contributed by atoms with Crippen LogP contribution in [0, 0.1) is 0 Å². The summed E-state index contributed by atoms with van der Waals surface area (Å²) in [6.07, 6.45) is 0.665. The summed E-state index contributed by atoms with van der Waals surface area (Å²) in [5.41, 5.74) is 1.51. The zero-order chi connectivity index (χ0) is 11.5. The number of H-pyrrole nitrogens is 1. The van der Waals surface area contributed by atoms with E-state index in [4.69, 9.17) is 0 Å². The second kappa shape index (κ2) is 4.61. The fourth-order valence-electron chi connectivity index (χ4n) is 1.51. The number of aromatic amines is 1. The molecule has 1 aromatic heterocycles. The summed E-state index contributed by atoms with van der Waals surface area (Å²) in [7, 11) is 0. The number of hydrogen-bond acceptors (Lipinski definition) is 2. The summed E-state index contributed by atoms with van der Waals surface area (Å²) in [6.45, 7) is 1.93. The van der Waals surface area contributed by atoms with Crippen molar-refractivity contribution in [2.24, 2.45) is 0 Å². The second-order valence-corrected chi connectivity index (χ2v) is 4.15. The largest absolute Gasteiger partial charge is 0.306 e. The minimum atomic E-state index is -0.0803. The van der Waals surface area contributed by atoms with Crippen LogP contribution in [0.15, 0.2) is 39.7 Å². The molecule has 2 rings (SSSR count). The zero-order valence-corrected chi connectivity index (χ0v) is 10.4. The summed E-state index contributed by atoms with van der Waals surface area (Å²) < 4.78 is 0.623. The van der Waals surface area contributed by atoms with Gasteiger partial charge in [-0.25, -0.2) is 4.98 Å². The lowest BCUT2D eigenvalue weighted by molar-refractivity contribution is 0.988. The molecule has 4 heteroatoms. The molecule has 1 aromatic carbocycles. The van der Waals surface area contributed by atoms with E-state index in [1.54, 1.807) is 0 Å². The van der Waals surface area contributed by atoms with E-state index in [-0.39, 0.29) is 5.56 Å². The van der Waals surface area contributed by atoms with Crippen LogP contribution in [0.2, 0.25) is 0 Å². The number of aromatic nitrogens is 2. The quantitative estimate of drug-likeness (QED) is 0.859. The van der Waals surface area contributed by atoms with E-state index in [0.717, 1.165) is 5.56 Å². The lowest BCUT2D eigenvalue weighted by Crippen LogP contribution is -2.15. The van der Waals surface area contributed by atoms with Crippen LogP contribution < -0.4 is 5.56 Å². The number of halogens is 1. The first-order chi connectivity index (χ1) is 7.72. The first kappa shape index (κ1) is 11.1. The molecular formula is C12H11BrN2O. The monoisotopic (exact) mass is 278 g/mol. The van der Waals surface area contributed by atoms with Gasteiger partial charge in [-0.3, -0.25) is 4.79 Å². The van der Waals surface area contributed by atoms with Crippen LogP contribution in [0.25, 0.3) is 11.4 Å². The Morgan fingerprint density at radius 1 is 1.31 bits per heavy atom. The maximum atomic E-state index is 11.7. The van der Waals surface area contributed by atoms with Crippen LogP contribution >= 0.6 is 15.9 Å². The molecule has 0 aliphatic rings. The van der Waals surface area contributed by atoms with Gasteiger partial charge in [-0.15, -0.1) is 0 Å². The van der Waals surface area contributed by atoms with E-state index >= 15 is 0 Å². The van der Waals surface area contributed by atoms with E-state index < -0.39 is 0 Å². The van der Waals surface area contributed by atoms with Crippen LogP contribution in [0.4, 0.5) is 0 Å². The van der Waals surface area contributed by atoms with Crippen molar-refractivity contribution in [3.8, 4) is 11.4 Å². The molecule has 82 valence electrons. The molecule has 1 heterocycles. The van der Waals surface area contributed by atoms with Crippen molar-refractivity contribution < 1.29 is 0 Å². The lowest BCUT2D eigenvalue weighted by Gasteiger charge is -2.04. The highest BCUT2D eigenvalue weighted by atomic mass is 79.9. The van der Waals surface area contributed by atoms with E-state index in [1.807, 2.05) is 37.3 Å². The Morgan fingerprint density at radius 3 is 2.56 bits per heavy atom. The van der Waals surface area contributed by atoms with E-state index in [0.29, 0.717) is 22.4 Å². The van der Waals surface area contributed by atoms with Gasteiger partial charge in [0.1, 0.15) is 10.4 Å². The lowest BCUT2D eigenvalue weighted by atomic mass is 10.2. The number of nitrogens with zero attached hydrogens (tertiary/aromatic N) is 1. The number of nitrogens with one attached hydrogen (secondary N) is 1. The Balaban J connectivity index is 2.57. The van der Waals surface area contributed by atoms with E-state index in [2.05, 4.69) is 25.9 Å². The molecule has 0 bridgehead atoms. The second-order valence-electron chi connectivity index (χ2n) is 3.40. The molecule has 0 fully saturated rings. The molecule has 0 saturated heterocycles. The van der Waals surface area contributed by atoms with Gasteiger partial charge >= 0.3 is 0 Å². The molecule has 16 heavy (non-hydrogen) atoms. The topological polar surface area (TPSA) is 45.8 Å². The molecule has 0 amide bonds. The average Bonchev–Trinajstić information content (AvgIpc) is 2.30. The van der Waals surface area contributed by atoms with Crippen molar-refractivity contribution in [2.45, 2.75) is 13.3 Å². The molecule has 2 aromatic rings. The van der Waals surface area contributed by atoms with Crippen molar-refractivity contribution in [3.63, 3.8) is 0 Å². The zero-order valence-electron chi connectivity index (χ0n) is 8.83. The van der Waals surface area contributed by atoms with E-state index in [9.17, 15) is 4.79 Å². The van der Waals surface area contributed by atoms with Crippen LogP contribution in [-0.2, 0) is 6.42 Å². The molecule has 0 spiro atoms. The van der Waals surface area contributed by atoms with Gasteiger partial charge in [-0.05, 0) is 22.4 Å². The van der Waals surface area contributed by atoms with Crippen molar-refractivity contribution in [3.05, 3.63) is 50.9 Å². The Morgan fingerprint density at radius 2 is 2.00 bits per heavy atom. The fourth-order valence-corrected chi connectivity index (χ4v) is 2.15. The molecule has 3 nitrogen and oxygen atoms in total. The maximum Gasteiger partial charge on any atom is 0.255 e. The Labute approximate surface area is 102 Å². The average molecular weight is 279 g/mol. The van der Waals surface area contributed by atoms with Crippen LogP contribution in [0.3, 0.4) is 0 Å². The summed E-state index contributed by atoms with van der Waals surface area (Å²) in [6, 6.07) is 9.58. The number of benzene rings is 1. The smallest absolute Gasteiger partial charge is 0.255 e. The minimum Gasteiger partial charge on any atom is -0.306 e. The Hall–Kier alpha value is -1.42. The molecule has 0 radical (unpaired) electrons. The number of rotatable bonds is 2. The van der Waals surface area contributed by atoms with Crippen LogP contribution in [0.5, 0.6) is 0 Å². The van der Waals surface area contributed by atoms with Gasteiger partial charge in [-0.2, -0.15) is 0 Å². The van der Waals surface area contributed by atoms with Gasteiger partial charge in [-0.1, -0.05) is 37.3 Å². The standard InChI is InChI=1S/C12H11BrN2O/c1-2-9-10(13)14-11(15-12(9)16)8-6-4-3-5-7-8/h3-7H,2H2,1H3,(H,14,15,16). The van der Waals surface area contributed by atoms with Crippen molar-refractivity contribution in [1.82, 2.24) is 9.97 Å². The van der Waals surface area contributed by atoms with Crippen molar-refractivity contribution >= 4 is 15.9 Å². The molecule has 1 N–H and O–H groups in total.